The molecule has 1 aromatic carbocycles. The van der Waals surface area contributed by atoms with Gasteiger partial charge in [0.25, 0.3) is 0 Å². The summed E-state index contributed by atoms with van der Waals surface area (Å²) in [6, 6.07) is 3.81. The molecule has 5 nitrogen and oxygen atoms in total. The number of hydrazine groups is 1. The Morgan fingerprint density at radius 2 is 2.10 bits per heavy atom. The van der Waals surface area contributed by atoms with Crippen LogP contribution in [0.5, 0.6) is 5.75 Å². The molecule has 2 atom stereocenters. The van der Waals surface area contributed by atoms with E-state index in [1.54, 1.807) is 7.11 Å². The third-order valence-electron chi connectivity index (χ3n) is 3.94. The van der Waals surface area contributed by atoms with Crippen molar-refractivity contribution in [2.45, 2.75) is 26.3 Å². The lowest BCUT2D eigenvalue weighted by atomic mass is 9.89. The Balaban J connectivity index is 2.42. The topological polar surface area (TPSA) is 81.4 Å². The summed E-state index contributed by atoms with van der Waals surface area (Å²) in [5, 5.41) is 0. The van der Waals surface area contributed by atoms with E-state index in [4.69, 9.17) is 10.6 Å². The van der Waals surface area contributed by atoms with E-state index in [0.29, 0.717) is 6.42 Å². The average molecular weight is 298 g/mol. The Bertz CT molecular complexity index is 599. The Kier molecular flexibility index (Phi) is 4.36. The van der Waals surface area contributed by atoms with E-state index in [1.807, 2.05) is 19.9 Å². The molecule has 1 heterocycles. The standard InChI is InChI=1S/C14H22N2O3S/c1-9-6-10(2)13(12(7-9)19-3)14(16-15)11-4-5-20(17,18)8-11/h6-7,11,14,16H,4-5,8,15H2,1-3H3. The summed E-state index contributed by atoms with van der Waals surface area (Å²) in [4.78, 5) is 0. The van der Waals surface area contributed by atoms with Crippen molar-refractivity contribution in [3.05, 3.63) is 28.8 Å². The van der Waals surface area contributed by atoms with Crippen LogP contribution in [0.3, 0.4) is 0 Å². The summed E-state index contributed by atoms with van der Waals surface area (Å²) in [5.41, 5.74) is 5.92. The maximum Gasteiger partial charge on any atom is 0.150 e. The molecular weight excluding hydrogens is 276 g/mol. The van der Waals surface area contributed by atoms with E-state index < -0.39 is 9.84 Å². The van der Waals surface area contributed by atoms with Gasteiger partial charge in [0.1, 0.15) is 5.75 Å². The molecule has 0 aromatic heterocycles. The third kappa shape index (κ3) is 2.97. The molecule has 0 aliphatic carbocycles. The van der Waals surface area contributed by atoms with Gasteiger partial charge in [-0.1, -0.05) is 6.07 Å². The van der Waals surface area contributed by atoms with Gasteiger partial charge in [-0.15, -0.1) is 0 Å². The zero-order chi connectivity index (χ0) is 14.9. The molecule has 20 heavy (non-hydrogen) atoms. The normalized spacial score (nSPS) is 22.7. The van der Waals surface area contributed by atoms with Gasteiger partial charge in [0.2, 0.25) is 0 Å². The fourth-order valence-corrected chi connectivity index (χ4v) is 4.89. The van der Waals surface area contributed by atoms with Gasteiger partial charge in [-0.2, -0.15) is 0 Å². The van der Waals surface area contributed by atoms with Crippen molar-refractivity contribution in [1.29, 1.82) is 0 Å². The second-order valence-corrected chi connectivity index (χ2v) is 7.73. The lowest BCUT2D eigenvalue weighted by Gasteiger charge is -2.26. The molecule has 2 unspecified atom stereocenters. The molecule has 1 aliphatic heterocycles. The highest BCUT2D eigenvalue weighted by atomic mass is 32.2. The van der Waals surface area contributed by atoms with Crippen molar-refractivity contribution in [2.75, 3.05) is 18.6 Å². The van der Waals surface area contributed by atoms with Crippen LogP contribution in [0.25, 0.3) is 0 Å². The summed E-state index contributed by atoms with van der Waals surface area (Å²) in [6.07, 6.45) is 0.633. The SMILES string of the molecule is COc1cc(C)cc(C)c1C(NN)C1CCS(=O)(=O)C1. The number of nitrogens with one attached hydrogen (secondary N) is 1. The van der Waals surface area contributed by atoms with Gasteiger partial charge in [0.15, 0.2) is 9.84 Å². The molecule has 0 radical (unpaired) electrons. The Labute approximate surface area is 120 Å². The van der Waals surface area contributed by atoms with Crippen LogP contribution in [0.1, 0.15) is 29.2 Å². The van der Waals surface area contributed by atoms with E-state index in [2.05, 4.69) is 11.5 Å². The third-order valence-corrected chi connectivity index (χ3v) is 5.74. The number of hydrogen-bond acceptors (Lipinski definition) is 5. The van der Waals surface area contributed by atoms with Crippen molar-refractivity contribution < 1.29 is 13.2 Å². The zero-order valence-electron chi connectivity index (χ0n) is 12.1. The van der Waals surface area contributed by atoms with Gasteiger partial charge in [-0.25, -0.2) is 8.42 Å². The number of benzene rings is 1. The summed E-state index contributed by atoms with van der Waals surface area (Å²) in [6.45, 7) is 4.00. The number of methoxy groups -OCH3 is 1. The van der Waals surface area contributed by atoms with Gasteiger partial charge >= 0.3 is 0 Å². The van der Waals surface area contributed by atoms with Crippen LogP contribution >= 0.6 is 0 Å². The summed E-state index contributed by atoms with van der Waals surface area (Å²) >= 11 is 0. The maximum absolute atomic E-state index is 11.7. The summed E-state index contributed by atoms with van der Waals surface area (Å²) < 4.78 is 28.8. The van der Waals surface area contributed by atoms with Gasteiger partial charge in [-0.05, 0) is 43.4 Å². The van der Waals surface area contributed by atoms with Gasteiger partial charge in [0.05, 0.1) is 24.7 Å². The van der Waals surface area contributed by atoms with Crippen LogP contribution in [0.4, 0.5) is 0 Å². The van der Waals surface area contributed by atoms with E-state index >= 15 is 0 Å². The zero-order valence-corrected chi connectivity index (χ0v) is 13.0. The second-order valence-electron chi connectivity index (χ2n) is 5.51. The van der Waals surface area contributed by atoms with Crippen molar-refractivity contribution in [3.8, 4) is 5.75 Å². The highest BCUT2D eigenvalue weighted by Gasteiger charge is 2.35. The van der Waals surface area contributed by atoms with Gasteiger partial charge < -0.3 is 4.74 Å². The second kappa shape index (κ2) is 5.71. The molecule has 0 bridgehead atoms. The minimum absolute atomic E-state index is 0.0136. The predicted molar refractivity (Wildman–Crippen MR) is 79.3 cm³/mol. The fourth-order valence-electron chi connectivity index (χ4n) is 3.05. The largest absolute Gasteiger partial charge is 0.496 e. The van der Waals surface area contributed by atoms with E-state index in [-0.39, 0.29) is 23.5 Å². The lowest BCUT2D eigenvalue weighted by molar-refractivity contribution is 0.362. The number of rotatable bonds is 4. The number of sulfone groups is 1. The molecule has 112 valence electrons. The smallest absolute Gasteiger partial charge is 0.150 e. The summed E-state index contributed by atoms with van der Waals surface area (Å²) in [7, 11) is -1.31. The number of hydrogen-bond donors (Lipinski definition) is 2. The number of aryl methyl sites for hydroxylation is 2. The molecule has 1 fully saturated rings. The Morgan fingerprint density at radius 3 is 2.60 bits per heavy atom. The molecule has 1 aromatic rings. The Hall–Kier alpha value is -1.11. The van der Waals surface area contributed by atoms with E-state index in [9.17, 15) is 8.42 Å². The lowest BCUT2D eigenvalue weighted by Crippen LogP contribution is -2.35. The average Bonchev–Trinajstić information content (AvgIpc) is 2.72. The molecule has 0 spiro atoms. The molecule has 3 N–H and O–H groups in total. The van der Waals surface area contributed by atoms with Gasteiger partial charge in [0, 0.05) is 5.56 Å². The minimum Gasteiger partial charge on any atom is -0.496 e. The first-order valence-electron chi connectivity index (χ1n) is 6.69. The van der Waals surface area contributed by atoms with Gasteiger partial charge in [-0.3, -0.25) is 11.3 Å². The fraction of sp³-hybridized carbons (Fsp3) is 0.571. The van der Waals surface area contributed by atoms with Crippen molar-refractivity contribution in [2.24, 2.45) is 11.8 Å². The monoisotopic (exact) mass is 298 g/mol. The highest BCUT2D eigenvalue weighted by molar-refractivity contribution is 7.91. The first-order chi connectivity index (χ1) is 9.38. The van der Waals surface area contributed by atoms with Crippen LogP contribution in [0.15, 0.2) is 12.1 Å². The van der Waals surface area contributed by atoms with Crippen LogP contribution in [-0.2, 0) is 9.84 Å². The van der Waals surface area contributed by atoms with E-state index in [0.717, 1.165) is 22.4 Å². The van der Waals surface area contributed by atoms with Crippen LogP contribution in [0, 0.1) is 19.8 Å². The number of ether oxygens (including phenoxy) is 1. The minimum atomic E-state index is -2.94. The number of nitrogens with two attached hydrogens (primary N) is 1. The molecule has 2 rings (SSSR count). The van der Waals surface area contributed by atoms with Crippen LogP contribution in [-0.4, -0.2) is 27.0 Å². The van der Waals surface area contributed by atoms with E-state index in [1.165, 1.54) is 0 Å². The first kappa shape index (κ1) is 15.3. The summed E-state index contributed by atoms with van der Waals surface area (Å²) in [5.74, 6) is 6.87. The molecule has 1 aliphatic rings. The van der Waals surface area contributed by atoms with Crippen molar-refractivity contribution in [3.63, 3.8) is 0 Å². The maximum atomic E-state index is 11.7. The molecule has 1 saturated heterocycles. The van der Waals surface area contributed by atoms with Crippen LogP contribution < -0.4 is 16.0 Å². The Morgan fingerprint density at radius 1 is 1.40 bits per heavy atom. The van der Waals surface area contributed by atoms with Crippen molar-refractivity contribution >= 4 is 9.84 Å². The van der Waals surface area contributed by atoms with Crippen LogP contribution in [0.2, 0.25) is 0 Å². The molecule has 6 heteroatoms. The van der Waals surface area contributed by atoms with Crippen molar-refractivity contribution in [1.82, 2.24) is 5.43 Å². The highest BCUT2D eigenvalue weighted by Crippen LogP contribution is 2.37. The molecular formula is C14H22N2O3S. The quantitative estimate of drug-likeness (QED) is 0.646. The first-order valence-corrected chi connectivity index (χ1v) is 8.51. The predicted octanol–water partition coefficient (Wildman–Crippen LogP) is 1.25. The molecule has 0 saturated carbocycles. The molecule has 0 amide bonds.